The number of hydrogen-bond acceptors (Lipinski definition) is 2. The number of halogens is 3. The van der Waals surface area contributed by atoms with Crippen LogP contribution in [0.3, 0.4) is 0 Å². The van der Waals surface area contributed by atoms with Crippen molar-refractivity contribution in [1.29, 1.82) is 0 Å². The molecule has 5 heteroatoms. The predicted octanol–water partition coefficient (Wildman–Crippen LogP) is 2.87. The van der Waals surface area contributed by atoms with E-state index in [1.165, 1.54) is 18.2 Å². The fourth-order valence-corrected chi connectivity index (χ4v) is 1.26. The normalized spacial score (nSPS) is 24.2. The summed E-state index contributed by atoms with van der Waals surface area (Å²) in [5, 5.41) is 0. The van der Waals surface area contributed by atoms with E-state index in [0.29, 0.717) is 6.61 Å². The number of ether oxygens (including phenoxy) is 2. The Balaban J connectivity index is 2.13. The molecule has 1 aromatic rings. The minimum absolute atomic E-state index is 0.139. The van der Waals surface area contributed by atoms with Crippen LogP contribution < -0.4 is 4.74 Å². The molecule has 2 rings (SSSR count). The lowest BCUT2D eigenvalue weighted by molar-refractivity contribution is -0.139. The van der Waals surface area contributed by atoms with E-state index in [4.69, 9.17) is 9.47 Å². The maximum atomic E-state index is 12.6. The first-order chi connectivity index (χ1) is 7.41. The Labute approximate surface area is 91.0 Å². The molecule has 0 spiro atoms. The second-order valence-corrected chi connectivity index (χ2v) is 4.02. The molecule has 0 bridgehead atoms. The van der Waals surface area contributed by atoms with Crippen molar-refractivity contribution in [1.82, 2.24) is 0 Å². The third kappa shape index (κ3) is 2.47. The molecule has 1 fully saturated rings. The second kappa shape index (κ2) is 3.66. The van der Waals surface area contributed by atoms with Gasteiger partial charge in [-0.2, -0.15) is 13.2 Å². The van der Waals surface area contributed by atoms with Crippen molar-refractivity contribution in [3.05, 3.63) is 29.8 Å². The van der Waals surface area contributed by atoms with E-state index in [9.17, 15) is 13.2 Å². The lowest BCUT2D eigenvalue weighted by atomic mass is 10.2. The minimum Gasteiger partial charge on any atom is -0.490 e. The third-order valence-electron chi connectivity index (χ3n) is 2.36. The van der Waals surface area contributed by atoms with Crippen molar-refractivity contribution in [3.8, 4) is 5.75 Å². The molecular weight excluding hydrogens is 221 g/mol. The van der Waals surface area contributed by atoms with Gasteiger partial charge in [0, 0.05) is 0 Å². The highest BCUT2D eigenvalue weighted by atomic mass is 19.4. The average Bonchev–Trinajstić information content (AvgIpc) is 2.94. The molecule has 0 radical (unpaired) electrons. The van der Waals surface area contributed by atoms with Gasteiger partial charge in [0.15, 0.2) is 0 Å². The molecule has 0 aliphatic carbocycles. The number of rotatable bonds is 3. The molecule has 0 aromatic heterocycles. The number of benzene rings is 1. The maximum absolute atomic E-state index is 12.6. The van der Waals surface area contributed by atoms with Crippen LogP contribution in [0.2, 0.25) is 0 Å². The van der Waals surface area contributed by atoms with Crippen LogP contribution in [0.1, 0.15) is 12.5 Å². The predicted molar refractivity (Wildman–Crippen MR) is 51.3 cm³/mol. The van der Waals surface area contributed by atoms with Crippen LogP contribution in [0.4, 0.5) is 13.2 Å². The second-order valence-electron chi connectivity index (χ2n) is 4.02. The molecule has 1 aromatic carbocycles. The van der Waals surface area contributed by atoms with Gasteiger partial charge in [0.2, 0.25) is 0 Å². The SMILES string of the molecule is CC1(COc2ccccc2C(F)(F)F)CO1. The molecule has 1 aliphatic rings. The van der Waals surface area contributed by atoms with Crippen LogP contribution in [0.5, 0.6) is 5.75 Å². The van der Waals surface area contributed by atoms with Crippen molar-refractivity contribution in [2.45, 2.75) is 18.7 Å². The van der Waals surface area contributed by atoms with Crippen LogP contribution in [0, 0.1) is 0 Å². The highest BCUT2D eigenvalue weighted by molar-refractivity contribution is 5.35. The highest BCUT2D eigenvalue weighted by Crippen LogP contribution is 2.37. The number of para-hydroxylation sites is 1. The zero-order valence-corrected chi connectivity index (χ0v) is 8.67. The van der Waals surface area contributed by atoms with Crippen molar-refractivity contribution in [2.24, 2.45) is 0 Å². The van der Waals surface area contributed by atoms with Gasteiger partial charge in [-0.05, 0) is 19.1 Å². The van der Waals surface area contributed by atoms with Crippen LogP contribution in [0.25, 0.3) is 0 Å². The third-order valence-corrected chi connectivity index (χ3v) is 2.36. The molecule has 1 atom stereocenters. The highest BCUT2D eigenvalue weighted by Gasteiger charge is 2.41. The van der Waals surface area contributed by atoms with Crippen molar-refractivity contribution in [2.75, 3.05) is 13.2 Å². The summed E-state index contributed by atoms with van der Waals surface area (Å²) >= 11 is 0. The Hall–Kier alpha value is -1.23. The van der Waals surface area contributed by atoms with E-state index < -0.39 is 17.3 Å². The lowest BCUT2D eigenvalue weighted by Crippen LogP contribution is -2.18. The molecule has 1 aliphatic heterocycles. The Morgan fingerprint density at radius 1 is 1.38 bits per heavy atom. The molecule has 0 amide bonds. The van der Waals surface area contributed by atoms with Gasteiger partial charge in [0.1, 0.15) is 18.0 Å². The molecule has 1 unspecified atom stereocenters. The van der Waals surface area contributed by atoms with Crippen molar-refractivity contribution >= 4 is 0 Å². The largest absolute Gasteiger partial charge is 0.490 e. The standard InChI is InChI=1S/C11H11F3O2/c1-10(7-16-10)6-15-9-5-3-2-4-8(9)11(12,13)14/h2-5H,6-7H2,1H3. The van der Waals surface area contributed by atoms with Gasteiger partial charge in [-0.3, -0.25) is 0 Å². The van der Waals surface area contributed by atoms with Gasteiger partial charge in [0.05, 0.1) is 12.2 Å². The van der Waals surface area contributed by atoms with E-state index in [1.54, 1.807) is 6.92 Å². The number of alkyl halides is 3. The van der Waals surface area contributed by atoms with Gasteiger partial charge in [0.25, 0.3) is 0 Å². The summed E-state index contributed by atoms with van der Waals surface area (Å²) in [6, 6.07) is 5.17. The van der Waals surface area contributed by atoms with Crippen molar-refractivity contribution in [3.63, 3.8) is 0 Å². The topological polar surface area (TPSA) is 21.8 Å². The summed E-state index contributed by atoms with van der Waals surface area (Å²) in [6.45, 7) is 2.46. The molecule has 2 nitrogen and oxygen atoms in total. The Morgan fingerprint density at radius 2 is 2.00 bits per heavy atom. The van der Waals surface area contributed by atoms with E-state index in [-0.39, 0.29) is 12.4 Å². The first kappa shape index (κ1) is 11.3. The van der Waals surface area contributed by atoms with Gasteiger partial charge in [-0.15, -0.1) is 0 Å². The fourth-order valence-electron chi connectivity index (χ4n) is 1.26. The van der Waals surface area contributed by atoms with Gasteiger partial charge >= 0.3 is 6.18 Å². The summed E-state index contributed by atoms with van der Waals surface area (Å²) < 4.78 is 47.9. The van der Waals surface area contributed by atoms with Crippen LogP contribution in [-0.2, 0) is 10.9 Å². The summed E-state index contributed by atoms with van der Waals surface area (Å²) in [5.74, 6) is -0.147. The first-order valence-electron chi connectivity index (χ1n) is 4.84. The minimum atomic E-state index is -4.39. The first-order valence-corrected chi connectivity index (χ1v) is 4.84. The van der Waals surface area contributed by atoms with Gasteiger partial charge < -0.3 is 9.47 Å². The monoisotopic (exact) mass is 232 g/mol. The zero-order valence-electron chi connectivity index (χ0n) is 8.67. The van der Waals surface area contributed by atoms with Crippen molar-refractivity contribution < 1.29 is 22.6 Å². The molecule has 0 N–H and O–H groups in total. The molecular formula is C11H11F3O2. The molecule has 1 heterocycles. The Morgan fingerprint density at radius 3 is 2.56 bits per heavy atom. The fraction of sp³-hybridized carbons (Fsp3) is 0.455. The van der Waals surface area contributed by atoms with Crippen LogP contribution in [-0.4, -0.2) is 18.8 Å². The number of epoxide rings is 1. The summed E-state index contributed by atoms with van der Waals surface area (Å²) in [5.41, 5.74) is -1.17. The Kier molecular flexibility index (Phi) is 2.58. The summed E-state index contributed by atoms with van der Waals surface area (Å²) in [7, 11) is 0. The average molecular weight is 232 g/mol. The smallest absolute Gasteiger partial charge is 0.419 e. The Bertz CT molecular complexity index is 383. The molecule has 1 saturated heterocycles. The van der Waals surface area contributed by atoms with Crippen LogP contribution in [0.15, 0.2) is 24.3 Å². The zero-order chi connectivity index (χ0) is 11.8. The van der Waals surface area contributed by atoms with Gasteiger partial charge in [-0.25, -0.2) is 0 Å². The summed E-state index contributed by atoms with van der Waals surface area (Å²) in [4.78, 5) is 0. The molecule has 0 saturated carbocycles. The van der Waals surface area contributed by atoms with E-state index in [2.05, 4.69) is 0 Å². The van der Waals surface area contributed by atoms with E-state index >= 15 is 0 Å². The van der Waals surface area contributed by atoms with E-state index in [1.807, 2.05) is 0 Å². The quantitative estimate of drug-likeness (QED) is 0.747. The molecule has 16 heavy (non-hydrogen) atoms. The maximum Gasteiger partial charge on any atom is 0.419 e. The summed E-state index contributed by atoms with van der Waals surface area (Å²) in [6.07, 6.45) is -4.39. The number of hydrogen-bond donors (Lipinski definition) is 0. The lowest BCUT2D eigenvalue weighted by Gasteiger charge is -2.14. The van der Waals surface area contributed by atoms with Crippen LogP contribution >= 0.6 is 0 Å². The van der Waals surface area contributed by atoms with Gasteiger partial charge in [-0.1, -0.05) is 12.1 Å². The molecule has 88 valence electrons. The van der Waals surface area contributed by atoms with E-state index in [0.717, 1.165) is 6.07 Å².